The molecule has 0 aliphatic heterocycles. The predicted molar refractivity (Wildman–Crippen MR) is 64.8 cm³/mol. The molecule has 0 saturated heterocycles. The van der Waals surface area contributed by atoms with Crippen molar-refractivity contribution in [1.82, 2.24) is 0 Å². The Morgan fingerprint density at radius 1 is 1.36 bits per heavy atom. The molecule has 1 aliphatic carbocycles. The summed E-state index contributed by atoms with van der Waals surface area (Å²) in [5.74, 6) is -0.727. The first-order chi connectivity index (χ1) is 6.36. The third-order valence-electron chi connectivity index (χ3n) is 1.11. The van der Waals surface area contributed by atoms with E-state index in [2.05, 4.69) is 47.8 Å². The number of hydrogen-bond donors (Lipinski definition) is 1. The van der Waals surface area contributed by atoms with Gasteiger partial charge in [-0.05, 0) is 47.8 Å². The summed E-state index contributed by atoms with van der Waals surface area (Å²) in [6, 6.07) is 0. The van der Waals surface area contributed by atoms with Crippen molar-refractivity contribution in [3.8, 4) is 0 Å². The molecule has 6 heteroatoms. The van der Waals surface area contributed by atoms with Gasteiger partial charge >= 0.3 is 0 Å². The van der Waals surface area contributed by atoms with Crippen LogP contribution >= 0.6 is 47.8 Å². The molecular formula is C8H7Br3O3. The second kappa shape index (κ2) is 6.53. The summed E-state index contributed by atoms with van der Waals surface area (Å²) in [6.45, 7) is 1.08. The van der Waals surface area contributed by atoms with Gasteiger partial charge in [0.15, 0.2) is 5.78 Å². The van der Waals surface area contributed by atoms with Crippen molar-refractivity contribution in [1.29, 1.82) is 0 Å². The molecule has 3 nitrogen and oxygen atoms in total. The van der Waals surface area contributed by atoms with Crippen LogP contribution in [-0.2, 0) is 9.59 Å². The fourth-order valence-electron chi connectivity index (χ4n) is 0.589. The van der Waals surface area contributed by atoms with Gasteiger partial charge in [-0.15, -0.1) is 0 Å². The number of hydrogen-bond acceptors (Lipinski definition) is 2. The zero-order valence-electron chi connectivity index (χ0n) is 7.18. The SMILES string of the molecule is CC(=O)O.O=C1CC=C(Br)C(Br)=C1Br. The summed E-state index contributed by atoms with van der Waals surface area (Å²) in [4.78, 5) is 19.9. The summed E-state index contributed by atoms with van der Waals surface area (Å²) < 4.78 is 2.34. The molecule has 0 bridgehead atoms. The minimum absolute atomic E-state index is 0.107. The van der Waals surface area contributed by atoms with Crippen LogP contribution in [0.1, 0.15) is 13.3 Å². The quantitative estimate of drug-likeness (QED) is 0.690. The average molecular weight is 391 g/mol. The average Bonchev–Trinajstić information content (AvgIpc) is 2.07. The first-order valence-electron chi connectivity index (χ1n) is 3.50. The van der Waals surface area contributed by atoms with Crippen LogP contribution in [0, 0.1) is 0 Å². The Hall–Kier alpha value is 0.0600. The number of rotatable bonds is 0. The molecule has 0 aromatic rings. The molecule has 0 radical (unpaired) electrons. The number of carboxylic acid groups (broad SMARTS) is 1. The molecule has 78 valence electrons. The zero-order chi connectivity index (χ0) is 11.3. The predicted octanol–water partition coefficient (Wildman–Crippen LogP) is 3.33. The Kier molecular flexibility index (Phi) is 6.55. The summed E-state index contributed by atoms with van der Waals surface area (Å²) in [7, 11) is 0. The number of carboxylic acids is 1. The number of Topliss-reactive ketones (excluding diaryl/α,β-unsaturated/α-hetero) is 1. The minimum Gasteiger partial charge on any atom is -0.481 e. The van der Waals surface area contributed by atoms with E-state index in [0.29, 0.717) is 10.9 Å². The van der Waals surface area contributed by atoms with Gasteiger partial charge < -0.3 is 5.11 Å². The standard InChI is InChI=1S/C6H3Br3O.C2H4O2/c7-3-1-2-4(10)6(9)5(3)8;1-2(3)4/h1H,2H2;1H3,(H,3,4). The lowest BCUT2D eigenvalue weighted by molar-refractivity contribution is -0.134. The summed E-state index contributed by atoms with van der Waals surface area (Å²) in [5.41, 5.74) is 0. The van der Waals surface area contributed by atoms with Gasteiger partial charge in [-0.1, -0.05) is 6.08 Å². The molecule has 0 atom stereocenters. The van der Waals surface area contributed by atoms with Gasteiger partial charge in [0.05, 0.1) is 4.48 Å². The molecule has 1 aliphatic rings. The van der Waals surface area contributed by atoms with Crippen molar-refractivity contribution >= 4 is 59.5 Å². The highest BCUT2D eigenvalue weighted by Crippen LogP contribution is 2.34. The molecule has 0 saturated carbocycles. The maximum absolute atomic E-state index is 10.9. The maximum Gasteiger partial charge on any atom is 0.300 e. The number of carbonyl (C=O) groups excluding carboxylic acids is 1. The Morgan fingerprint density at radius 3 is 2.14 bits per heavy atom. The molecule has 0 fully saturated rings. The zero-order valence-corrected chi connectivity index (χ0v) is 11.9. The smallest absolute Gasteiger partial charge is 0.300 e. The van der Waals surface area contributed by atoms with Gasteiger partial charge in [0.1, 0.15) is 0 Å². The topological polar surface area (TPSA) is 54.4 Å². The summed E-state index contributed by atoms with van der Waals surface area (Å²) >= 11 is 9.72. The van der Waals surface area contributed by atoms with Gasteiger partial charge in [-0.25, -0.2) is 0 Å². The van der Waals surface area contributed by atoms with Crippen LogP contribution in [0.15, 0.2) is 19.5 Å². The first-order valence-corrected chi connectivity index (χ1v) is 5.88. The van der Waals surface area contributed by atoms with E-state index in [1.807, 2.05) is 6.08 Å². The lowest BCUT2D eigenvalue weighted by Crippen LogP contribution is -2.01. The molecular weight excluding hydrogens is 384 g/mol. The Morgan fingerprint density at radius 2 is 1.79 bits per heavy atom. The van der Waals surface area contributed by atoms with E-state index >= 15 is 0 Å². The number of carbonyl (C=O) groups is 2. The Labute approximate surface area is 107 Å². The van der Waals surface area contributed by atoms with Crippen LogP contribution in [0.4, 0.5) is 0 Å². The van der Waals surface area contributed by atoms with E-state index in [1.165, 1.54) is 0 Å². The number of ketones is 1. The van der Waals surface area contributed by atoms with Crippen molar-refractivity contribution < 1.29 is 14.7 Å². The highest BCUT2D eigenvalue weighted by Gasteiger charge is 2.16. The van der Waals surface area contributed by atoms with E-state index in [1.54, 1.807) is 0 Å². The van der Waals surface area contributed by atoms with Crippen molar-refractivity contribution in [2.75, 3.05) is 0 Å². The number of halogens is 3. The third-order valence-corrected chi connectivity index (χ3v) is 4.56. The van der Waals surface area contributed by atoms with Crippen LogP contribution < -0.4 is 0 Å². The summed E-state index contributed by atoms with van der Waals surface area (Å²) in [6.07, 6.45) is 2.30. The minimum atomic E-state index is -0.833. The molecule has 0 heterocycles. The lowest BCUT2D eigenvalue weighted by atomic mass is 10.2. The van der Waals surface area contributed by atoms with Gasteiger partial charge in [0.25, 0.3) is 5.97 Å². The molecule has 0 aromatic heterocycles. The van der Waals surface area contributed by atoms with E-state index in [-0.39, 0.29) is 5.78 Å². The van der Waals surface area contributed by atoms with Crippen LogP contribution in [0.25, 0.3) is 0 Å². The van der Waals surface area contributed by atoms with E-state index in [0.717, 1.165) is 15.9 Å². The Balaban J connectivity index is 0.000000364. The van der Waals surface area contributed by atoms with Crippen molar-refractivity contribution in [3.63, 3.8) is 0 Å². The molecule has 1 N–H and O–H groups in total. The van der Waals surface area contributed by atoms with Crippen LogP contribution in [0.2, 0.25) is 0 Å². The number of allylic oxidation sites excluding steroid dienone is 4. The maximum atomic E-state index is 10.9. The summed E-state index contributed by atoms with van der Waals surface area (Å²) in [5, 5.41) is 7.42. The normalized spacial score (nSPS) is 15.7. The molecule has 14 heavy (non-hydrogen) atoms. The molecule has 0 unspecified atom stereocenters. The third kappa shape index (κ3) is 5.07. The molecule has 0 spiro atoms. The fraction of sp³-hybridized carbons (Fsp3) is 0.250. The van der Waals surface area contributed by atoms with Gasteiger partial charge in [-0.2, -0.15) is 0 Å². The largest absolute Gasteiger partial charge is 0.481 e. The van der Waals surface area contributed by atoms with Crippen molar-refractivity contribution in [3.05, 3.63) is 19.5 Å². The molecule has 0 amide bonds. The first kappa shape index (κ1) is 14.1. The highest BCUT2D eigenvalue weighted by molar-refractivity contribution is 9.16. The van der Waals surface area contributed by atoms with Crippen LogP contribution in [0.5, 0.6) is 0 Å². The van der Waals surface area contributed by atoms with E-state index in [4.69, 9.17) is 9.90 Å². The lowest BCUT2D eigenvalue weighted by Gasteiger charge is -2.06. The fourth-order valence-corrected chi connectivity index (χ4v) is 1.97. The Bertz CT molecular complexity index is 310. The molecule has 0 aromatic carbocycles. The number of aliphatic carboxylic acids is 1. The van der Waals surface area contributed by atoms with Gasteiger partial charge in [0, 0.05) is 22.3 Å². The van der Waals surface area contributed by atoms with E-state index in [9.17, 15) is 4.79 Å². The van der Waals surface area contributed by atoms with Crippen LogP contribution in [-0.4, -0.2) is 16.9 Å². The van der Waals surface area contributed by atoms with Crippen molar-refractivity contribution in [2.45, 2.75) is 13.3 Å². The second-order valence-corrected chi connectivity index (χ2v) is 4.77. The highest BCUT2D eigenvalue weighted by atomic mass is 79.9. The second-order valence-electron chi connectivity index (χ2n) is 2.33. The van der Waals surface area contributed by atoms with Crippen LogP contribution in [0.3, 0.4) is 0 Å². The van der Waals surface area contributed by atoms with E-state index < -0.39 is 5.97 Å². The monoisotopic (exact) mass is 388 g/mol. The van der Waals surface area contributed by atoms with Crippen molar-refractivity contribution in [2.24, 2.45) is 0 Å². The van der Waals surface area contributed by atoms with Gasteiger partial charge in [0.2, 0.25) is 0 Å². The molecule has 1 rings (SSSR count). The van der Waals surface area contributed by atoms with Gasteiger partial charge in [-0.3, -0.25) is 9.59 Å².